The molecule has 0 aromatic heterocycles. The van der Waals surface area contributed by atoms with Crippen molar-refractivity contribution < 1.29 is 9.94 Å². The molecular weight excluding hydrogens is 178 g/mol. The molecular formula is C11H25NO2. The van der Waals surface area contributed by atoms with Gasteiger partial charge in [0.25, 0.3) is 0 Å². The molecule has 0 aromatic carbocycles. The Hall–Kier alpha value is -0.120. The number of aliphatic hydroxyl groups is 1. The van der Waals surface area contributed by atoms with Crippen LogP contribution in [-0.2, 0) is 4.84 Å². The Morgan fingerprint density at radius 3 is 1.93 bits per heavy atom. The average molecular weight is 203 g/mol. The van der Waals surface area contributed by atoms with Crippen LogP contribution in [0.5, 0.6) is 0 Å². The van der Waals surface area contributed by atoms with Gasteiger partial charge in [0, 0.05) is 18.6 Å². The molecule has 0 aliphatic heterocycles. The van der Waals surface area contributed by atoms with Crippen LogP contribution in [0.3, 0.4) is 0 Å². The number of hydroxylamine groups is 1. The Morgan fingerprint density at radius 1 is 1.14 bits per heavy atom. The summed E-state index contributed by atoms with van der Waals surface area (Å²) in [5.41, 5.74) is 2.74. The molecule has 3 heteroatoms. The van der Waals surface area contributed by atoms with Gasteiger partial charge in [0.2, 0.25) is 0 Å². The van der Waals surface area contributed by atoms with Crippen molar-refractivity contribution in [2.75, 3.05) is 13.2 Å². The zero-order chi connectivity index (χ0) is 11.2. The molecule has 3 nitrogen and oxygen atoms in total. The zero-order valence-electron chi connectivity index (χ0n) is 10.2. The number of nitrogens with one attached hydrogen (secondary N) is 1. The molecule has 0 aliphatic rings. The number of rotatable bonds is 6. The molecule has 2 N–H and O–H groups in total. The van der Waals surface area contributed by atoms with Crippen LogP contribution in [0.4, 0.5) is 0 Å². The Bertz CT molecular complexity index is 140. The second kappa shape index (κ2) is 5.69. The molecule has 0 radical (unpaired) electrons. The third-order valence-electron chi connectivity index (χ3n) is 2.66. The highest BCUT2D eigenvalue weighted by Crippen LogP contribution is 2.24. The van der Waals surface area contributed by atoms with Gasteiger partial charge in [-0.05, 0) is 33.6 Å². The van der Waals surface area contributed by atoms with Crippen molar-refractivity contribution in [1.82, 2.24) is 5.48 Å². The van der Waals surface area contributed by atoms with E-state index in [-0.39, 0.29) is 17.6 Å². The van der Waals surface area contributed by atoms with E-state index in [1.54, 1.807) is 0 Å². The summed E-state index contributed by atoms with van der Waals surface area (Å²) in [6, 6.07) is 0. The first-order valence-electron chi connectivity index (χ1n) is 5.41. The van der Waals surface area contributed by atoms with Gasteiger partial charge in [-0.25, -0.2) is 5.48 Å². The fourth-order valence-corrected chi connectivity index (χ4v) is 1.19. The lowest BCUT2D eigenvalue weighted by atomic mass is 9.83. The highest BCUT2D eigenvalue weighted by molar-refractivity contribution is 4.76. The quantitative estimate of drug-likeness (QED) is 0.650. The van der Waals surface area contributed by atoms with E-state index in [4.69, 9.17) is 4.84 Å². The van der Waals surface area contributed by atoms with Gasteiger partial charge < -0.3 is 5.11 Å². The summed E-state index contributed by atoms with van der Waals surface area (Å²) >= 11 is 0. The summed E-state index contributed by atoms with van der Waals surface area (Å²) in [7, 11) is 0. The van der Waals surface area contributed by atoms with Crippen LogP contribution < -0.4 is 5.48 Å². The van der Waals surface area contributed by atoms with E-state index < -0.39 is 0 Å². The summed E-state index contributed by atoms with van der Waals surface area (Å²) in [4.78, 5) is 5.43. The van der Waals surface area contributed by atoms with E-state index in [2.05, 4.69) is 19.3 Å². The van der Waals surface area contributed by atoms with Gasteiger partial charge in [0.15, 0.2) is 0 Å². The van der Waals surface area contributed by atoms with E-state index in [1.165, 1.54) is 0 Å². The predicted molar refractivity (Wildman–Crippen MR) is 58.9 cm³/mol. The number of hydrogen-bond donors (Lipinski definition) is 2. The summed E-state index contributed by atoms with van der Waals surface area (Å²) in [6.45, 7) is 11.1. The largest absolute Gasteiger partial charge is 0.396 e. The summed E-state index contributed by atoms with van der Waals surface area (Å²) in [5, 5.41) is 9.31. The molecule has 0 fully saturated rings. The fraction of sp³-hybridized carbons (Fsp3) is 1.00. The second-order valence-electron chi connectivity index (χ2n) is 4.90. The van der Waals surface area contributed by atoms with Crippen LogP contribution in [0, 0.1) is 5.41 Å². The molecule has 0 unspecified atom stereocenters. The first-order chi connectivity index (χ1) is 6.39. The third-order valence-corrected chi connectivity index (χ3v) is 2.66. The van der Waals surface area contributed by atoms with E-state index in [0.717, 1.165) is 12.8 Å². The van der Waals surface area contributed by atoms with E-state index in [0.29, 0.717) is 6.54 Å². The molecule has 0 spiro atoms. The highest BCUT2D eigenvalue weighted by Gasteiger charge is 2.25. The lowest BCUT2D eigenvalue weighted by Gasteiger charge is -2.31. The molecule has 0 amide bonds. The Morgan fingerprint density at radius 2 is 1.64 bits per heavy atom. The smallest absolute Gasteiger partial charge is 0.0812 e. The lowest BCUT2D eigenvalue weighted by molar-refractivity contribution is -0.0903. The van der Waals surface area contributed by atoms with Crippen molar-refractivity contribution in [2.24, 2.45) is 5.41 Å². The first kappa shape index (κ1) is 13.9. The van der Waals surface area contributed by atoms with Gasteiger partial charge >= 0.3 is 0 Å². The minimum absolute atomic E-state index is 0.0365. The van der Waals surface area contributed by atoms with E-state index in [9.17, 15) is 5.11 Å². The maximum Gasteiger partial charge on any atom is 0.0812 e. The molecule has 0 atom stereocenters. The van der Waals surface area contributed by atoms with Crippen molar-refractivity contribution >= 4 is 0 Å². The maximum atomic E-state index is 9.31. The van der Waals surface area contributed by atoms with Gasteiger partial charge in [0.05, 0.1) is 5.60 Å². The standard InChI is InChI=1S/C11H25NO2/c1-6-11(7-2,9-13)8-12-14-10(3,4)5/h12-13H,6-9H2,1-5H3. The summed E-state index contributed by atoms with van der Waals surface area (Å²) in [6.07, 6.45) is 1.92. The van der Waals surface area contributed by atoms with Crippen molar-refractivity contribution in [2.45, 2.75) is 53.1 Å². The van der Waals surface area contributed by atoms with E-state index >= 15 is 0 Å². The lowest BCUT2D eigenvalue weighted by Crippen LogP contribution is -2.40. The van der Waals surface area contributed by atoms with Crippen molar-refractivity contribution in [1.29, 1.82) is 0 Å². The number of hydrogen-bond acceptors (Lipinski definition) is 3. The first-order valence-corrected chi connectivity index (χ1v) is 5.41. The Balaban J connectivity index is 3.95. The van der Waals surface area contributed by atoms with Crippen LogP contribution in [0.2, 0.25) is 0 Å². The molecule has 0 aliphatic carbocycles. The monoisotopic (exact) mass is 203 g/mol. The van der Waals surface area contributed by atoms with Crippen LogP contribution in [0.1, 0.15) is 47.5 Å². The van der Waals surface area contributed by atoms with Crippen LogP contribution in [0.25, 0.3) is 0 Å². The molecule has 0 aromatic rings. The SMILES string of the molecule is CCC(CC)(CO)CNOC(C)(C)C. The normalized spacial score (nSPS) is 13.3. The van der Waals surface area contributed by atoms with E-state index in [1.807, 2.05) is 20.8 Å². The molecule has 0 bridgehead atoms. The van der Waals surface area contributed by atoms with Gasteiger partial charge in [0.1, 0.15) is 0 Å². The Kier molecular flexibility index (Phi) is 5.64. The van der Waals surface area contributed by atoms with Crippen LogP contribution >= 0.6 is 0 Å². The average Bonchev–Trinajstić information content (AvgIpc) is 2.11. The molecule has 0 saturated heterocycles. The molecule has 14 heavy (non-hydrogen) atoms. The van der Waals surface area contributed by atoms with Gasteiger partial charge in [-0.3, -0.25) is 4.84 Å². The molecule has 86 valence electrons. The minimum Gasteiger partial charge on any atom is -0.396 e. The topological polar surface area (TPSA) is 41.5 Å². The van der Waals surface area contributed by atoms with Crippen molar-refractivity contribution in [3.8, 4) is 0 Å². The third kappa shape index (κ3) is 4.94. The predicted octanol–water partition coefficient (Wildman–Crippen LogP) is 2.10. The van der Waals surface area contributed by atoms with Gasteiger partial charge in [-0.15, -0.1) is 0 Å². The van der Waals surface area contributed by atoms with Crippen LogP contribution in [0.15, 0.2) is 0 Å². The van der Waals surface area contributed by atoms with Crippen molar-refractivity contribution in [3.63, 3.8) is 0 Å². The maximum absolute atomic E-state index is 9.31. The number of aliphatic hydroxyl groups excluding tert-OH is 1. The zero-order valence-corrected chi connectivity index (χ0v) is 10.2. The summed E-state index contributed by atoms with van der Waals surface area (Å²) in [5.74, 6) is 0. The van der Waals surface area contributed by atoms with Gasteiger partial charge in [-0.2, -0.15) is 0 Å². The second-order valence-corrected chi connectivity index (χ2v) is 4.90. The fourth-order valence-electron chi connectivity index (χ4n) is 1.19. The highest BCUT2D eigenvalue weighted by atomic mass is 16.7. The Labute approximate surface area is 87.8 Å². The van der Waals surface area contributed by atoms with Gasteiger partial charge in [-0.1, -0.05) is 13.8 Å². The summed E-state index contributed by atoms with van der Waals surface area (Å²) < 4.78 is 0. The minimum atomic E-state index is -0.178. The van der Waals surface area contributed by atoms with Crippen LogP contribution in [-0.4, -0.2) is 23.9 Å². The molecule has 0 rings (SSSR count). The molecule has 0 heterocycles. The van der Waals surface area contributed by atoms with Crippen molar-refractivity contribution in [3.05, 3.63) is 0 Å². The molecule has 0 saturated carbocycles.